The fourth-order valence-electron chi connectivity index (χ4n) is 10.3. The lowest BCUT2D eigenvalue weighted by Crippen LogP contribution is -2.48. The zero-order chi connectivity index (χ0) is 62.4. The van der Waals surface area contributed by atoms with Crippen LogP contribution in [0.1, 0.15) is 92.6 Å². The summed E-state index contributed by atoms with van der Waals surface area (Å²) in [5.41, 5.74) is 7.73. The van der Waals surface area contributed by atoms with Crippen molar-refractivity contribution in [3.05, 3.63) is 108 Å². The number of nitrogens with one attached hydrogen (secondary N) is 8. The molecule has 4 heterocycles. The fourth-order valence-corrected chi connectivity index (χ4v) is 10.3. The van der Waals surface area contributed by atoms with Gasteiger partial charge in [0.15, 0.2) is 0 Å². The van der Waals surface area contributed by atoms with E-state index in [9.17, 15) is 47.9 Å². The molecule has 1 atom stereocenters. The average molecular weight is 1200 g/mol. The molecule has 5 aromatic rings. The maximum Gasteiger partial charge on any atom is 0.415 e. The molecule has 0 unspecified atom stereocenters. The van der Waals surface area contributed by atoms with Gasteiger partial charge in [0.1, 0.15) is 17.5 Å². The van der Waals surface area contributed by atoms with E-state index in [0.29, 0.717) is 91.3 Å². The highest BCUT2D eigenvalue weighted by atomic mass is 16.6. The summed E-state index contributed by atoms with van der Waals surface area (Å²) in [7, 11) is 2.01. The van der Waals surface area contributed by atoms with Gasteiger partial charge in [-0.15, -0.1) is 0 Å². The van der Waals surface area contributed by atoms with E-state index in [2.05, 4.69) is 47.1 Å². The number of fused-ring (bicyclic) bond motifs is 4. The summed E-state index contributed by atoms with van der Waals surface area (Å²) in [5.74, 6) is -2.74. The molecule has 1 saturated heterocycles. The zero-order valence-electron chi connectivity index (χ0n) is 49.7. The smallest absolute Gasteiger partial charge is 0.409 e. The van der Waals surface area contributed by atoms with E-state index in [0.717, 1.165) is 34.3 Å². The molecule has 462 valence electrons. The monoisotopic (exact) mass is 1200 g/mol. The molecule has 0 radical (unpaired) electrons. The minimum atomic E-state index is -1.02. The molecule has 25 heteroatoms. The van der Waals surface area contributed by atoms with Crippen LogP contribution in [0.25, 0.3) is 21.7 Å². The Labute approximate surface area is 503 Å². The number of imide groups is 1. The Bertz CT molecular complexity index is 3420. The van der Waals surface area contributed by atoms with Crippen LogP contribution in [0, 0.1) is 0 Å². The largest absolute Gasteiger partial charge is 0.415 e. The van der Waals surface area contributed by atoms with Gasteiger partial charge in [-0.2, -0.15) is 0 Å². The Balaban J connectivity index is 0.767. The molecule has 0 aliphatic carbocycles. The predicted octanol–water partition coefficient (Wildman–Crippen LogP) is 4.28. The third-order valence-corrected chi connectivity index (χ3v) is 15.3. The molecular weight excluding hydrogens is 1120 g/mol. The summed E-state index contributed by atoms with van der Waals surface area (Å²) in [4.78, 5) is 138. The van der Waals surface area contributed by atoms with Crippen molar-refractivity contribution in [1.82, 2.24) is 46.3 Å². The van der Waals surface area contributed by atoms with Gasteiger partial charge >= 0.3 is 12.1 Å². The van der Waals surface area contributed by atoms with E-state index in [-0.39, 0.29) is 75.3 Å². The van der Waals surface area contributed by atoms with E-state index in [4.69, 9.17) is 15.2 Å². The van der Waals surface area contributed by atoms with Crippen LogP contribution in [0.2, 0.25) is 0 Å². The van der Waals surface area contributed by atoms with Gasteiger partial charge in [-0.05, 0) is 126 Å². The summed E-state index contributed by atoms with van der Waals surface area (Å²) < 4.78 is 12.1. The van der Waals surface area contributed by atoms with E-state index < -0.39 is 58.8 Å². The van der Waals surface area contributed by atoms with Crippen molar-refractivity contribution in [3.63, 3.8) is 0 Å². The van der Waals surface area contributed by atoms with Crippen LogP contribution >= 0.6 is 0 Å². The summed E-state index contributed by atoms with van der Waals surface area (Å²) >= 11 is 0. The lowest BCUT2D eigenvalue weighted by molar-refractivity contribution is -0.137. The molecule has 0 bridgehead atoms. The summed E-state index contributed by atoms with van der Waals surface area (Å²) in [6, 6.07) is 20.9. The zero-order valence-corrected chi connectivity index (χ0v) is 49.7. The molecule has 3 aliphatic rings. The summed E-state index contributed by atoms with van der Waals surface area (Å²) in [6.45, 7) is 11.2. The van der Waals surface area contributed by atoms with E-state index in [1.165, 1.54) is 24.3 Å². The van der Waals surface area contributed by atoms with Crippen LogP contribution in [-0.4, -0.2) is 175 Å². The molecule has 8 rings (SSSR count). The number of aromatic amines is 1. The number of primary amides is 1. The van der Waals surface area contributed by atoms with Gasteiger partial charge in [-0.25, -0.2) is 9.59 Å². The van der Waals surface area contributed by atoms with Gasteiger partial charge in [-0.3, -0.25) is 43.3 Å². The first-order valence-electron chi connectivity index (χ1n) is 29.2. The minimum Gasteiger partial charge on any atom is -0.409 e. The Morgan fingerprint density at radius 2 is 1.45 bits per heavy atom. The van der Waals surface area contributed by atoms with E-state index >= 15 is 0 Å². The van der Waals surface area contributed by atoms with Gasteiger partial charge in [0.2, 0.25) is 23.6 Å². The van der Waals surface area contributed by atoms with Crippen molar-refractivity contribution in [3.8, 4) is 5.75 Å². The molecule has 25 nitrogen and oxygen atoms in total. The van der Waals surface area contributed by atoms with Crippen molar-refractivity contribution >= 4 is 98.1 Å². The quantitative estimate of drug-likeness (QED) is 0.0262. The molecule has 0 saturated carbocycles. The first-order chi connectivity index (χ1) is 41.5. The topological polar surface area (TPSA) is 328 Å². The summed E-state index contributed by atoms with van der Waals surface area (Å²) in [6.07, 6.45) is 4.01. The number of hydrogen-bond acceptors (Lipinski definition) is 14. The lowest BCUT2D eigenvalue weighted by Gasteiger charge is -2.31. The number of nitrogens with two attached hydrogens (primary N) is 1. The highest BCUT2D eigenvalue weighted by Gasteiger charge is 2.32. The number of hydrogen-bond donors (Lipinski definition) is 9. The van der Waals surface area contributed by atoms with Gasteiger partial charge in [0.25, 0.3) is 23.6 Å². The molecule has 10 N–H and O–H groups in total. The number of amides is 11. The third kappa shape index (κ3) is 17.7. The number of H-pyrrole nitrogens is 1. The number of carbonyl (C=O) groups is 10. The second kappa shape index (κ2) is 28.8. The van der Waals surface area contributed by atoms with Crippen molar-refractivity contribution in [2.75, 3.05) is 94.6 Å². The highest BCUT2D eigenvalue weighted by molar-refractivity contribution is 6.13. The van der Waals surface area contributed by atoms with Crippen molar-refractivity contribution in [2.24, 2.45) is 5.73 Å². The van der Waals surface area contributed by atoms with Gasteiger partial charge in [-0.1, -0.05) is 24.3 Å². The number of aromatic nitrogens is 1. The maximum atomic E-state index is 14.2. The second-order valence-corrected chi connectivity index (χ2v) is 23.1. The normalized spacial score (nSPS) is 14.7. The van der Waals surface area contributed by atoms with Crippen LogP contribution in [0.15, 0.2) is 91.0 Å². The molecule has 1 aromatic heterocycles. The number of likely N-dealkylation sites (N-methyl/N-ethyl adjacent to an activating group) is 1. The van der Waals surface area contributed by atoms with Crippen LogP contribution in [-0.2, 0) is 39.9 Å². The molecular formula is C62H77N13O12. The number of urea groups is 1. The Morgan fingerprint density at radius 1 is 0.736 bits per heavy atom. The molecule has 1 fully saturated rings. The minimum absolute atomic E-state index is 0.0109. The number of ether oxygens (including phenoxy) is 2. The van der Waals surface area contributed by atoms with Crippen LogP contribution < -0.4 is 52.6 Å². The van der Waals surface area contributed by atoms with Gasteiger partial charge in [0, 0.05) is 135 Å². The van der Waals surface area contributed by atoms with Crippen LogP contribution in [0.3, 0.4) is 0 Å². The molecule has 0 spiro atoms. The second-order valence-electron chi connectivity index (χ2n) is 23.1. The maximum absolute atomic E-state index is 14.2. The van der Waals surface area contributed by atoms with Crippen LogP contribution in [0.4, 0.5) is 26.7 Å². The van der Waals surface area contributed by atoms with E-state index in [1.807, 2.05) is 59.0 Å². The van der Waals surface area contributed by atoms with Crippen molar-refractivity contribution in [1.29, 1.82) is 0 Å². The number of anilines is 3. The number of nitrogens with zero attached hydrogens (tertiary/aromatic N) is 4. The average Bonchev–Trinajstić information content (AvgIpc) is 1.79. The van der Waals surface area contributed by atoms with E-state index in [1.54, 1.807) is 52.3 Å². The molecule has 4 aromatic carbocycles. The first kappa shape index (κ1) is 63.8. The SMILES string of the molecule is CN1CCN(C(=O)Oc2cc3c(c4ccccc24)CCN3C(=O)c2cc3cc(NC(=O)c4ccc(NC(=O)[C@H](CCCNC(N)=O)NC(=O)CNCCNC(=O)CCC(C)(C)OCCC(C)(C)NC(=O)CCN5C(=O)C=CC5=O)cc4)ccc3[nH]2)CC1. The fraction of sp³-hybridized carbons (Fsp3) is 0.419. The Morgan fingerprint density at radius 3 is 2.17 bits per heavy atom. The highest BCUT2D eigenvalue weighted by Crippen LogP contribution is 2.41. The van der Waals surface area contributed by atoms with Gasteiger partial charge in [0.05, 0.1) is 17.8 Å². The van der Waals surface area contributed by atoms with Crippen molar-refractivity contribution in [2.45, 2.75) is 89.8 Å². The number of carbonyl (C=O) groups excluding carboxylic acids is 10. The lowest BCUT2D eigenvalue weighted by atomic mass is 9.99. The van der Waals surface area contributed by atoms with Crippen molar-refractivity contribution < 1.29 is 57.4 Å². The third-order valence-electron chi connectivity index (χ3n) is 15.3. The number of rotatable bonds is 27. The van der Waals surface area contributed by atoms with Gasteiger partial charge < -0.3 is 72.1 Å². The predicted molar refractivity (Wildman–Crippen MR) is 327 cm³/mol. The summed E-state index contributed by atoms with van der Waals surface area (Å²) in [5, 5.41) is 22.0. The first-order valence-corrected chi connectivity index (χ1v) is 29.2. The Kier molecular flexibility index (Phi) is 21.1. The molecule has 87 heavy (non-hydrogen) atoms. The molecule has 11 amide bonds. The number of piperazine rings is 1. The molecule has 3 aliphatic heterocycles. The standard InChI is InChI=1S/C62H77N13O12/c1-61(2,71-52(77)22-29-75-54(79)18-19-55(75)80)24-34-86-62(3,4)23-20-51(76)65-27-26-64-38-53(78)70-47(11-8-25-66-59(63)84)57(82)67-41-14-12-39(13-15-41)56(81)68-42-16-17-46-40(35-42)36-48(69-46)58(83)74-28-21-44-43-9-6-7-10-45(43)50(37-49(44)74)87-60(85)73-32-30-72(5)31-33-73/h6-7,9-10,12-19,35-37,47,64,69H,8,11,20-34,38H2,1-5H3,(H,65,76)(H,67,82)(H,68,81)(H,70,78)(H,71,77)(H3,63,66,84)/t47-/m0/s1. The van der Waals surface area contributed by atoms with Crippen LogP contribution in [0.5, 0.6) is 5.75 Å². The number of benzene rings is 4. The Hall–Kier alpha value is -9.20.